The first kappa shape index (κ1) is 27.2. The fourth-order valence-corrected chi connectivity index (χ4v) is 3.70. The van der Waals surface area contributed by atoms with Gasteiger partial charge in [-0.3, -0.25) is 4.79 Å². The summed E-state index contributed by atoms with van der Waals surface area (Å²) >= 11 is 0. The van der Waals surface area contributed by atoms with Crippen molar-refractivity contribution in [1.82, 2.24) is 5.32 Å². The molecule has 0 fully saturated rings. The quantitative estimate of drug-likeness (QED) is 0.265. The van der Waals surface area contributed by atoms with Gasteiger partial charge in [-0.15, -0.1) is 0 Å². The lowest BCUT2D eigenvalue weighted by Crippen LogP contribution is -2.46. The Labute approximate surface area is 217 Å². The molecule has 7 heteroatoms. The molecule has 0 spiro atoms. The number of para-hydroxylation sites is 1. The van der Waals surface area contributed by atoms with Crippen LogP contribution in [0.15, 0.2) is 91.5 Å². The van der Waals surface area contributed by atoms with Crippen molar-refractivity contribution in [2.75, 3.05) is 18.5 Å². The number of carbonyl (C=O) groups is 2. The number of anilines is 1. The maximum Gasteiger partial charge on any atom is 0.338 e. The van der Waals surface area contributed by atoms with Crippen molar-refractivity contribution in [2.24, 2.45) is 0 Å². The van der Waals surface area contributed by atoms with Crippen molar-refractivity contribution in [3.05, 3.63) is 114 Å². The van der Waals surface area contributed by atoms with Gasteiger partial charge in [0.15, 0.2) is 0 Å². The maximum atomic E-state index is 13.2. The van der Waals surface area contributed by atoms with E-state index in [4.69, 9.17) is 9.47 Å². The van der Waals surface area contributed by atoms with E-state index in [2.05, 4.69) is 23.3 Å². The number of nitrogens with zero attached hydrogens (tertiary/aromatic N) is 1. The SMILES string of the molecule is C=CCOC(=O)c1cccc(COC[C@@H](C#N)NC(=O)[C@H](Cc2cccc(C)c2)Nc2ccccc2)c1. The molecule has 190 valence electrons. The molecular formula is C30H31N3O4. The topological polar surface area (TPSA) is 100 Å². The van der Waals surface area contributed by atoms with E-state index >= 15 is 0 Å². The second-order valence-corrected chi connectivity index (χ2v) is 8.55. The van der Waals surface area contributed by atoms with Crippen LogP contribution < -0.4 is 10.6 Å². The number of hydrogen-bond donors (Lipinski definition) is 2. The highest BCUT2D eigenvalue weighted by Gasteiger charge is 2.22. The molecule has 3 aromatic rings. The molecule has 0 unspecified atom stereocenters. The molecule has 0 heterocycles. The summed E-state index contributed by atoms with van der Waals surface area (Å²) in [6.07, 6.45) is 1.96. The third-order valence-corrected chi connectivity index (χ3v) is 5.47. The van der Waals surface area contributed by atoms with E-state index in [0.717, 1.165) is 22.4 Å². The van der Waals surface area contributed by atoms with Crippen molar-refractivity contribution in [1.29, 1.82) is 5.26 Å². The Kier molecular flexibility index (Phi) is 10.4. The molecule has 37 heavy (non-hydrogen) atoms. The normalized spacial score (nSPS) is 12.0. The van der Waals surface area contributed by atoms with E-state index in [-0.39, 0.29) is 25.7 Å². The van der Waals surface area contributed by atoms with Gasteiger partial charge in [-0.25, -0.2) is 4.79 Å². The Hall–Kier alpha value is -4.41. The standard InChI is InChI=1S/C30H31N3O4/c1-3-15-37-30(35)25-12-8-11-24(17-25)20-36-21-27(19-31)33-29(34)28(32-26-13-5-4-6-14-26)18-23-10-7-9-22(2)16-23/h3-14,16-17,27-28,32H,1,15,18,20-21H2,2H3,(H,33,34)/t27-,28+/m1/s1. The molecule has 0 aliphatic rings. The van der Waals surface area contributed by atoms with Crippen LogP contribution in [0.5, 0.6) is 0 Å². The Morgan fingerprint density at radius 2 is 1.78 bits per heavy atom. The number of amides is 1. The van der Waals surface area contributed by atoms with Crippen molar-refractivity contribution in [3.63, 3.8) is 0 Å². The van der Waals surface area contributed by atoms with Crippen LogP contribution in [-0.4, -0.2) is 37.2 Å². The first-order valence-corrected chi connectivity index (χ1v) is 12.0. The zero-order valence-corrected chi connectivity index (χ0v) is 20.9. The lowest BCUT2D eigenvalue weighted by molar-refractivity contribution is -0.122. The van der Waals surface area contributed by atoms with E-state index < -0.39 is 18.1 Å². The molecule has 2 atom stereocenters. The zero-order valence-electron chi connectivity index (χ0n) is 20.9. The van der Waals surface area contributed by atoms with Crippen LogP contribution in [-0.2, 0) is 27.3 Å². The Balaban J connectivity index is 1.60. The predicted octanol–water partition coefficient (Wildman–Crippen LogP) is 4.59. The summed E-state index contributed by atoms with van der Waals surface area (Å²) in [5.74, 6) is -0.748. The Morgan fingerprint density at radius 1 is 1.03 bits per heavy atom. The number of ether oxygens (including phenoxy) is 2. The fourth-order valence-electron chi connectivity index (χ4n) is 3.70. The molecule has 0 aromatic heterocycles. The minimum atomic E-state index is -0.842. The van der Waals surface area contributed by atoms with Gasteiger partial charge < -0.3 is 20.1 Å². The smallest absolute Gasteiger partial charge is 0.338 e. The van der Waals surface area contributed by atoms with Gasteiger partial charge >= 0.3 is 5.97 Å². The second kappa shape index (κ2) is 14.2. The molecule has 0 radical (unpaired) electrons. The summed E-state index contributed by atoms with van der Waals surface area (Å²) in [6, 6.07) is 25.0. The van der Waals surface area contributed by atoms with Gasteiger partial charge in [-0.1, -0.05) is 72.8 Å². The molecule has 3 aromatic carbocycles. The number of aryl methyl sites for hydroxylation is 1. The summed E-state index contributed by atoms with van der Waals surface area (Å²) < 4.78 is 10.8. The first-order chi connectivity index (χ1) is 18.0. The third kappa shape index (κ3) is 8.95. The first-order valence-electron chi connectivity index (χ1n) is 12.0. The molecule has 2 N–H and O–H groups in total. The molecule has 1 amide bonds. The van der Waals surface area contributed by atoms with Crippen LogP contribution in [0.4, 0.5) is 5.69 Å². The average molecular weight is 498 g/mol. The van der Waals surface area contributed by atoms with E-state index in [1.54, 1.807) is 18.2 Å². The number of nitrogens with one attached hydrogen (secondary N) is 2. The second-order valence-electron chi connectivity index (χ2n) is 8.55. The molecule has 7 nitrogen and oxygen atoms in total. The average Bonchev–Trinajstić information content (AvgIpc) is 2.91. The highest BCUT2D eigenvalue weighted by Crippen LogP contribution is 2.13. The molecule has 0 saturated carbocycles. The van der Waals surface area contributed by atoms with Crippen molar-refractivity contribution < 1.29 is 19.1 Å². The summed E-state index contributed by atoms with van der Waals surface area (Å²) in [5, 5.41) is 15.7. The van der Waals surface area contributed by atoms with Crippen LogP contribution in [0, 0.1) is 18.3 Å². The van der Waals surface area contributed by atoms with Crippen LogP contribution in [0.1, 0.15) is 27.0 Å². The van der Waals surface area contributed by atoms with Gasteiger partial charge in [0.05, 0.1) is 24.8 Å². The predicted molar refractivity (Wildman–Crippen MR) is 143 cm³/mol. The van der Waals surface area contributed by atoms with Gasteiger partial charge in [-0.05, 0) is 42.3 Å². The van der Waals surface area contributed by atoms with Gasteiger partial charge in [0.1, 0.15) is 18.7 Å². The summed E-state index contributed by atoms with van der Waals surface area (Å²) in [6.45, 7) is 5.83. The number of rotatable bonds is 13. The highest BCUT2D eigenvalue weighted by atomic mass is 16.5. The number of carbonyl (C=O) groups excluding carboxylic acids is 2. The van der Waals surface area contributed by atoms with Crippen LogP contribution in [0.3, 0.4) is 0 Å². The Bertz CT molecular complexity index is 1240. The number of nitriles is 1. The fraction of sp³-hybridized carbons (Fsp3) is 0.233. The highest BCUT2D eigenvalue weighted by molar-refractivity contribution is 5.89. The van der Waals surface area contributed by atoms with E-state index in [0.29, 0.717) is 12.0 Å². The summed E-state index contributed by atoms with van der Waals surface area (Å²) in [7, 11) is 0. The van der Waals surface area contributed by atoms with E-state index in [9.17, 15) is 14.9 Å². The molecule has 0 saturated heterocycles. The number of benzene rings is 3. The van der Waals surface area contributed by atoms with Gasteiger partial charge in [0.25, 0.3) is 0 Å². The zero-order chi connectivity index (χ0) is 26.5. The summed E-state index contributed by atoms with van der Waals surface area (Å²) in [5.41, 5.74) is 4.09. The summed E-state index contributed by atoms with van der Waals surface area (Å²) in [4.78, 5) is 25.2. The minimum Gasteiger partial charge on any atom is -0.458 e. The molecule has 3 rings (SSSR count). The lowest BCUT2D eigenvalue weighted by atomic mass is 10.0. The molecule has 0 aliphatic heterocycles. The Morgan fingerprint density at radius 3 is 2.51 bits per heavy atom. The lowest BCUT2D eigenvalue weighted by Gasteiger charge is -2.22. The molecular weight excluding hydrogens is 466 g/mol. The van der Waals surface area contributed by atoms with Crippen LogP contribution in [0.2, 0.25) is 0 Å². The van der Waals surface area contributed by atoms with Crippen molar-refractivity contribution in [2.45, 2.75) is 32.0 Å². The van der Waals surface area contributed by atoms with Gasteiger partial charge in [0.2, 0.25) is 5.91 Å². The number of esters is 1. The largest absolute Gasteiger partial charge is 0.458 e. The van der Waals surface area contributed by atoms with Gasteiger partial charge in [-0.2, -0.15) is 5.26 Å². The monoisotopic (exact) mass is 497 g/mol. The molecule has 0 aliphatic carbocycles. The minimum absolute atomic E-state index is 0.00409. The van der Waals surface area contributed by atoms with Crippen LogP contribution in [0.25, 0.3) is 0 Å². The number of hydrogen-bond acceptors (Lipinski definition) is 6. The third-order valence-electron chi connectivity index (χ3n) is 5.47. The van der Waals surface area contributed by atoms with Crippen molar-refractivity contribution in [3.8, 4) is 6.07 Å². The van der Waals surface area contributed by atoms with Crippen molar-refractivity contribution >= 4 is 17.6 Å². The molecule has 0 bridgehead atoms. The van der Waals surface area contributed by atoms with E-state index in [1.807, 2.05) is 67.6 Å². The van der Waals surface area contributed by atoms with E-state index in [1.165, 1.54) is 6.08 Å². The van der Waals surface area contributed by atoms with Gasteiger partial charge in [0, 0.05) is 12.1 Å². The maximum absolute atomic E-state index is 13.2. The van der Waals surface area contributed by atoms with Crippen LogP contribution >= 0.6 is 0 Å².